The molecule has 0 bridgehead atoms. The average Bonchev–Trinajstić information content (AvgIpc) is 3.25. The third-order valence-electron chi connectivity index (χ3n) is 4.02. The number of carbonyl (C=O) groups excluding carboxylic acids is 1. The second kappa shape index (κ2) is 8.94. The maximum atomic E-state index is 14.5. The molecule has 0 radical (unpaired) electrons. The van der Waals surface area contributed by atoms with Crippen molar-refractivity contribution in [2.24, 2.45) is 0 Å². The van der Waals surface area contributed by atoms with Gasteiger partial charge in [-0.3, -0.25) is 9.88 Å². The number of carbonyl (C=O) groups is 1. The van der Waals surface area contributed by atoms with Crippen molar-refractivity contribution >= 4 is 23.2 Å². The summed E-state index contributed by atoms with van der Waals surface area (Å²) in [6.07, 6.45) is -2.48. The van der Waals surface area contributed by atoms with Crippen molar-refractivity contribution in [3.63, 3.8) is 0 Å². The molecule has 0 aliphatic carbocycles. The Morgan fingerprint density at radius 1 is 1.38 bits per heavy atom. The molecular weight excluding hydrogens is 389 g/mol. The number of hydrogen-bond donors (Lipinski definition) is 3. The Morgan fingerprint density at radius 3 is 2.79 bits per heavy atom. The van der Waals surface area contributed by atoms with Crippen LogP contribution in [0, 0.1) is 0 Å². The molecule has 1 aliphatic rings. The van der Waals surface area contributed by atoms with Gasteiger partial charge in [0, 0.05) is 0 Å². The van der Waals surface area contributed by atoms with E-state index in [0.717, 1.165) is 0 Å². The number of amides is 1. The van der Waals surface area contributed by atoms with Crippen LogP contribution in [0.2, 0.25) is 0 Å². The number of aromatic nitrogens is 4. The van der Waals surface area contributed by atoms with Crippen LogP contribution in [-0.4, -0.2) is 74.0 Å². The molecular formula is C17H20FN5O6. The van der Waals surface area contributed by atoms with Gasteiger partial charge in [0.1, 0.15) is 25.4 Å². The lowest BCUT2D eigenvalue weighted by Gasteiger charge is -2.15. The molecule has 29 heavy (non-hydrogen) atoms. The van der Waals surface area contributed by atoms with E-state index in [4.69, 9.17) is 14.2 Å². The summed E-state index contributed by atoms with van der Waals surface area (Å²) in [6, 6.07) is 0. The van der Waals surface area contributed by atoms with Gasteiger partial charge in [-0.1, -0.05) is 25.3 Å². The van der Waals surface area contributed by atoms with Gasteiger partial charge in [0.2, 0.25) is 11.8 Å². The van der Waals surface area contributed by atoms with Crippen LogP contribution in [0.1, 0.15) is 6.23 Å². The predicted octanol–water partition coefficient (Wildman–Crippen LogP) is 0.714. The Bertz CT molecular complexity index is 906. The van der Waals surface area contributed by atoms with Crippen molar-refractivity contribution in [3.05, 3.63) is 31.6 Å². The molecule has 0 saturated carbocycles. The predicted molar refractivity (Wildman–Crippen MR) is 98.1 cm³/mol. The van der Waals surface area contributed by atoms with Gasteiger partial charge in [-0.25, -0.2) is 14.2 Å². The minimum atomic E-state index is -1.84. The molecule has 3 N–H and O–H groups in total. The first kappa shape index (κ1) is 20.6. The average molecular weight is 409 g/mol. The Labute approximate surface area is 164 Å². The first-order valence-corrected chi connectivity index (χ1v) is 8.61. The van der Waals surface area contributed by atoms with Crippen LogP contribution >= 0.6 is 0 Å². The number of ether oxygens (including phenoxy) is 3. The molecule has 4 atom stereocenters. The summed E-state index contributed by atoms with van der Waals surface area (Å²) in [4.78, 5) is 24.2. The number of rotatable bonds is 8. The molecule has 11 nitrogen and oxygen atoms in total. The minimum absolute atomic E-state index is 0.0142. The van der Waals surface area contributed by atoms with Gasteiger partial charge in [-0.15, -0.1) is 0 Å². The van der Waals surface area contributed by atoms with Crippen LogP contribution in [0.3, 0.4) is 0 Å². The molecule has 1 amide bonds. The number of anilines is 1. The summed E-state index contributed by atoms with van der Waals surface area (Å²) in [5.41, 5.74) is 0.256. The Hall–Kier alpha value is -3.09. The monoisotopic (exact) mass is 409 g/mol. The Kier molecular flexibility index (Phi) is 6.36. The van der Waals surface area contributed by atoms with Gasteiger partial charge >= 0.3 is 6.09 Å². The molecule has 156 valence electrons. The highest BCUT2D eigenvalue weighted by molar-refractivity contribution is 5.85. The van der Waals surface area contributed by atoms with E-state index in [0.29, 0.717) is 0 Å². The van der Waals surface area contributed by atoms with Crippen LogP contribution in [-0.2, 0) is 9.47 Å². The van der Waals surface area contributed by atoms with Crippen LogP contribution in [0.5, 0.6) is 5.88 Å². The van der Waals surface area contributed by atoms with E-state index < -0.39 is 37.3 Å². The zero-order valence-corrected chi connectivity index (χ0v) is 15.3. The van der Waals surface area contributed by atoms with Gasteiger partial charge < -0.3 is 24.4 Å². The Morgan fingerprint density at radius 2 is 2.14 bits per heavy atom. The summed E-state index contributed by atoms with van der Waals surface area (Å²) in [5, 5.41) is 21.5. The number of nitrogens with zero attached hydrogens (tertiary/aromatic N) is 4. The number of aliphatic hydroxyl groups is 2. The molecule has 1 aliphatic heterocycles. The van der Waals surface area contributed by atoms with Gasteiger partial charge in [0.15, 0.2) is 23.6 Å². The lowest BCUT2D eigenvalue weighted by atomic mass is 10.1. The normalized spacial score (nSPS) is 23.7. The first-order chi connectivity index (χ1) is 14.0. The van der Waals surface area contributed by atoms with E-state index in [1.165, 1.54) is 23.0 Å². The SMILES string of the molecule is C=CCOC(=O)Nc1nc(OCC=C)c2ncn([C@@H]3O[C@H](CO)[C@@H](O)[C@H]3F)c2n1. The molecule has 0 aromatic carbocycles. The van der Waals surface area contributed by atoms with E-state index in [2.05, 4.69) is 33.4 Å². The zero-order valence-electron chi connectivity index (χ0n) is 15.3. The number of hydrogen-bond acceptors (Lipinski definition) is 9. The zero-order chi connectivity index (χ0) is 21.0. The molecule has 0 unspecified atom stereocenters. The molecule has 2 aromatic rings. The summed E-state index contributed by atoms with van der Waals surface area (Å²) in [5.74, 6) is -0.166. The smallest absolute Gasteiger partial charge is 0.414 e. The van der Waals surface area contributed by atoms with E-state index in [-0.39, 0.29) is 36.2 Å². The Balaban J connectivity index is 1.99. The lowest BCUT2D eigenvalue weighted by molar-refractivity contribution is -0.0459. The van der Waals surface area contributed by atoms with Crippen molar-refractivity contribution in [2.45, 2.75) is 24.6 Å². The summed E-state index contributed by atoms with van der Waals surface area (Å²) < 4.78 is 31.4. The standard InChI is InChI=1S/C17H20FN5O6/c1-3-5-27-14-11-13(20-16(21-14)22-17(26)28-6-4-2)23(8-19-11)15-10(18)12(25)9(7-24)29-15/h3-4,8-10,12,15,24-25H,1-2,5-7H2,(H,20,21,22,26)/t9-,10-,12-,15-/m1/s1. The second-order valence-corrected chi connectivity index (χ2v) is 5.97. The van der Waals surface area contributed by atoms with Crippen molar-refractivity contribution in [1.29, 1.82) is 0 Å². The van der Waals surface area contributed by atoms with Crippen LogP contribution < -0.4 is 10.1 Å². The first-order valence-electron chi connectivity index (χ1n) is 8.61. The number of fused-ring (bicyclic) bond motifs is 1. The van der Waals surface area contributed by atoms with Gasteiger partial charge in [-0.2, -0.15) is 9.97 Å². The highest BCUT2D eigenvalue weighted by atomic mass is 19.1. The quantitative estimate of drug-likeness (QED) is 0.538. The number of aliphatic hydroxyl groups excluding tert-OH is 2. The molecule has 3 rings (SSSR count). The van der Waals surface area contributed by atoms with Gasteiger partial charge in [-0.05, 0) is 0 Å². The lowest BCUT2D eigenvalue weighted by Crippen LogP contribution is -2.30. The number of imidazole rings is 1. The third kappa shape index (κ3) is 4.18. The summed E-state index contributed by atoms with van der Waals surface area (Å²) >= 11 is 0. The third-order valence-corrected chi connectivity index (χ3v) is 4.02. The van der Waals surface area contributed by atoms with E-state index in [9.17, 15) is 19.4 Å². The van der Waals surface area contributed by atoms with Gasteiger partial charge in [0.25, 0.3) is 0 Å². The van der Waals surface area contributed by atoms with Crippen molar-refractivity contribution in [3.8, 4) is 5.88 Å². The van der Waals surface area contributed by atoms with Crippen LogP contribution in [0.15, 0.2) is 31.6 Å². The minimum Gasteiger partial charge on any atom is -0.472 e. The highest BCUT2D eigenvalue weighted by Crippen LogP contribution is 2.35. The molecule has 3 heterocycles. The fourth-order valence-electron chi connectivity index (χ4n) is 2.71. The molecule has 1 fully saturated rings. The van der Waals surface area contributed by atoms with Gasteiger partial charge in [0.05, 0.1) is 12.9 Å². The maximum absolute atomic E-state index is 14.5. The summed E-state index contributed by atoms with van der Waals surface area (Å²) in [6.45, 7) is 6.50. The molecule has 2 aromatic heterocycles. The molecule has 1 saturated heterocycles. The van der Waals surface area contributed by atoms with Crippen molar-refractivity contribution < 1.29 is 33.6 Å². The largest absolute Gasteiger partial charge is 0.472 e. The maximum Gasteiger partial charge on any atom is 0.414 e. The van der Waals surface area contributed by atoms with Crippen molar-refractivity contribution in [1.82, 2.24) is 19.5 Å². The molecule has 12 heteroatoms. The number of halogens is 1. The van der Waals surface area contributed by atoms with E-state index in [1.54, 1.807) is 0 Å². The fourth-order valence-corrected chi connectivity index (χ4v) is 2.71. The fraction of sp³-hybridized carbons (Fsp3) is 0.412. The summed E-state index contributed by atoms with van der Waals surface area (Å²) in [7, 11) is 0. The highest BCUT2D eigenvalue weighted by Gasteiger charge is 2.45. The number of nitrogens with one attached hydrogen (secondary N) is 1. The second-order valence-electron chi connectivity index (χ2n) is 5.97. The van der Waals surface area contributed by atoms with Crippen LogP contribution in [0.25, 0.3) is 11.2 Å². The molecule has 0 spiro atoms. The van der Waals surface area contributed by atoms with E-state index in [1.807, 2.05) is 0 Å². The van der Waals surface area contributed by atoms with E-state index >= 15 is 0 Å². The topological polar surface area (TPSA) is 141 Å². The number of alkyl halides is 1. The van der Waals surface area contributed by atoms with Crippen molar-refractivity contribution in [2.75, 3.05) is 25.1 Å². The van der Waals surface area contributed by atoms with Crippen LogP contribution in [0.4, 0.5) is 15.1 Å².